The standard InChI is InChI=1S/C12H18O2/c1-2-8-12(9-13,10-14)11-6-4-3-5-7-11/h1,4,6,11,13-14H,3,5,7-10H2. The molecule has 0 fully saturated rings. The minimum Gasteiger partial charge on any atom is -0.396 e. The van der Waals surface area contributed by atoms with Crippen LogP contribution in [0, 0.1) is 23.7 Å². The average molecular weight is 194 g/mol. The van der Waals surface area contributed by atoms with Gasteiger partial charge in [0.05, 0.1) is 13.2 Å². The molecule has 0 spiro atoms. The lowest BCUT2D eigenvalue weighted by Gasteiger charge is -2.36. The molecule has 1 aliphatic carbocycles. The van der Waals surface area contributed by atoms with E-state index in [1.165, 1.54) is 0 Å². The van der Waals surface area contributed by atoms with Crippen molar-refractivity contribution in [2.45, 2.75) is 25.7 Å². The van der Waals surface area contributed by atoms with Crippen LogP contribution in [0.4, 0.5) is 0 Å². The van der Waals surface area contributed by atoms with Crippen LogP contribution in [0.1, 0.15) is 25.7 Å². The van der Waals surface area contributed by atoms with Crippen molar-refractivity contribution in [3.05, 3.63) is 12.2 Å². The van der Waals surface area contributed by atoms with Gasteiger partial charge in [0.2, 0.25) is 0 Å². The van der Waals surface area contributed by atoms with Crippen molar-refractivity contribution in [1.82, 2.24) is 0 Å². The van der Waals surface area contributed by atoms with E-state index in [0.29, 0.717) is 6.42 Å². The number of aliphatic hydroxyl groups is 2. The van der Waals surface area contributed by atoms with Gasteiger partial charge >= 0.3 is 0 Å². The molecule has 1 atom stereocenters. The van der Waals surface area contributed by atoms with Crippen molar-refractivity contribution in [3.63, 3.8) is 0 Å². The second-order valence-corrected chi connectivity index (χ2v) is 4.03. The molecule has 0 aliphatic heterocycles. The van der Waals surface area contributed by atoms with Gasteiger partial charge in [-0.1, -0.05) is 12.2 Å². The highest BCUT2D eigenvalue weighted by Gasteiger charge is 2.36. The van der Waals surface area contributed by atoms with Gasteiger partial charge in [0, 0.05) is 11.8 Å². The summed E-state index contributed by atoms with van der Waals surface area (Å²) >= 11 is 0. The fourth-order valence-electron chi connectivity index (χ4n) is 2.05. The van der Waals surface area contributed by atoms with Crippen LogP contribution >= 0.6 is 0 Å². The summed E-state index contributed by atoms with van der Waals surface area (Å²) in [6.45, 7) is -0.0780. The molecule has 1 aliphatic rings. The highest BCUT2D eigenvalue weighted by molar-refractivity contribution is 5.06. The fourth-order valence-corrected chi connectivity index (χ4v) is 2.05. The zero-order valence-corrected chi connectivity index (χ0v) is 8.45. The van der Waals surface area contributed by atoms with Crippen LogP contribution in [0.5, 0.6) is 0 Å². The van der Waals surface area contributed by atoms with Gasteiger partial charge in [-0.25, -0.2) is 0 Å². The molecule has 0 saturated carbocycles. The molecule has 0 aromatic rings. The quantitative estimate of drug-likeness (QED) is 0.523. The summed E-state index contributed by atoms with van der Waals surface area (Å²) in [6.07, 6.45) is 13.2. The molecule has 0 aromatic heterocycles. The Morgan fingerprint density at radius 1 is 1.43 bits per heavy atom. The molecular formula is C12H18O2. The van der Waals surface area contributed by atoms with Gasteiger partial charge in [-0.05, 0) is 25.2 Å². The first-order valence-electron chi connectivity index (χ1n) is 5.11. The van der Waals surface area contributed by atoms with Crippen LogP contribution in [-0.4, -0.2) is 23.4 Å². The molecule has 1 rings (SSSR count). The molecule has 0 radical (unpaired) electrons. The van der Waals surface area contributed by atoms with E-state index in [0.717, 1.165) is 19.3 Å². The first kappa shape index (κ1) is 11.3. The molecule has 2 nitrogen and oxygen atoms in total. The maximum Gasteiger partial charge on any atom is 0.0524 e. The molecule has 78 valence electrons. The van der Waals surface area contributed by atoms with Crippen LogP contribution in [0.3, 0.4) is 0 Å². The van der Waals surface area contributed by atoms with Crippen molar-refractivity contribution in [1.29, 1.82) is 0 Å². The monoisotopic (exact) mass is 194 g/mol. The molecule has 2 heteroatoms. The summed E-state index contributed by atoms with van der Waals surface area (Å²) in [7, 11) is 0. The van der Waals surface area contributed by atoms with Crippen molar-refractivity contribution in [3.8, 4) is 12.3 Å². The van der Waals surface area contributed by atoms with E-state index >= 15 is 0 Å². The van der Waals surface area contributed by atoms with E-state index in [4.69, 9.17) is 6.42 Å². The maximum absolute atomic E-state index is 9.37. The Kier molecular flexibility index (Phi) is 4.19. The van der Waals surface area contributed by atoms with Crippen LogP contribution in [0.15, 0.2) is 12.2 Å². The Labute approximate surface area is 85.6 Å². The molecule has 14 heavy (non-hydrogen) atoms. The molecule has 0 heterocycles. The summed E-state index contributed by atoms with van der Waals surface area (Å²) in [5.74, 6) is 2.78. The van der Waals surface area contributed by atoms with E-state index in [1.807, 2.05) is 0 Å². The third kappa shape index (κ3) is 2.17. The first-order valence-corrected chi connectivity index (χ1v) is 5.11. The van der Waals surface area contributed by atoms with Gasteiger partial charge in [0.15, 0.2) is 0 Å². The maximum atomic E-state index is 9.37. The van der Waals surface area contributed by atoms with Crippen LogP contribution in [-0.2, 0) is 0 Å². The van der Waals surface area contributed by atoms with Crippen LogP contribution in [0.25, 0.3) is 0 Å². The normalized spacial score (nSPS) is 21.9. The molecule has 0 aromatic carbocycles. The zero-order chi connectivity index (χ0) is 10.4. The number of rotatable bonds is 4. The minimum atomic E-state index is -0.508. The Morgan fingerprint density at radius 2 is 2.14 bits per heavy atom. The summed E-state index contributed by atoms with van der Waals surface area (Å²) in [5.41, 5.74) is -0.508. The lowest BCUT2D eigenvalue weighted by Crippen LogP contribution is -2.37. The largest absolute Gasteiger partial charge is 0.396 e. The summed E-state index contributed by atoms with van der Waals surface area (Å²) < 4.78 is 0. The van der Waals surface area contributed by atoms with E-state index in [1.54, 1.807) is 0 Å². The first-order chi connectivity index (χ1) is 6.79. The molecule has 0 amide bonds. The lowest BCUT2D eigenvalue weighted by molar-refractivity contribution is 0.0192. The second-order valence-electron chi connectivity index (χ2n) is 4.03. The summed E-state index contributed by atoms with van der Waals surface area (Å²) in [4.78, 5) is 0. The smallest absolute Gasteiger partial charge is 0.0524 e. The molecule has 2 N–H and O–H groups in total. The number of aliphatic hydroxyl groups excluding tert-OH is 2. The second kappa shape index (κ2) is 5.19. The van der Waals surface area contributed by atoms with Gasteiger partial charge < -0.3 is 10.2 Å². The van der Waals surface area contributed by atoms with E-state index < -0.39 is 5.41 Å². The third-order valence-electron chi connectivity index (χ3n) is 3.12. The Bertz CT molecular complexity index is 233. The van der Waals surface area contributed by atoms with Crippen LogP contribution in [0.2, 0.25) is 0 Å². The molecule has 0 bridgehead atoms. The third-order valence-corrected chi connectivity index (χ3v) is 3.12. The van der Waals surface area contributed by atoms with Gasteiger partial charge in [-0.2, -0.15) is 0 Å². The Hall–Kier alpha value is -0.780. The average Bonchev–Trinajstić information content (AvgIpc) is 2.27. The van der Waals surface area contributed by atoms with Gasteiger partial charge in [-0.3, -0.25) is 0 Å². The van der Waals surface area contributed by atoms with Gasteiger partial charge in [0.25, 0.3) is 0 Å². The molecule has 0 saturated heterocycles. The van der Waals surface area contributed by atoms with Crippen molar-refractivity contribution >= 4 is 0 Å². The van der Waals surface area contributed by atoms with Crippen molar-refractivity contribution in [2.75, 3.05) is 13.2 Å². The highest BCUT2D eigenvalue weighted by atomic mass is 16.3. The van der Waals surface area contributed by atoms with E-state index in [-0.39, 0.29) is 19.1 Å². The summed E-state index contributed by atoms with van der Waals surface area (Å²) in [5, 5.41) is 18.7. The molecule has 1 unspecified atom stereocenters. The van der Waals surface area contributed by atoms with E-state index in [2.05, 4.69) is 18.1 Å². The number of allylic oxidation sites excluding steroid dienone is 2. The minimum absolute atomic E-state index is 0.0390. The Balaban J connectivity index is 2.79. The van der Waals surface area contributed by atoms with E-state index in [9.17, 15) is 10.2 Å². The zero-order valence-electron chi connectivity index (χ0n) is 8.45. The number of terminal acetylenes is 1. The fraction of sp³-hybridized carbons (Fsp3) is 0.667. The highest BCUT2D eigenvalue weighted by Crippen LogP contribution is 2.37. The Morgan fingerprint density at radius 3 is 2.57 bits per heavy atom. The lowest BCUT2D eigenvalue weighted by atomic mass is 9.70. The summed E-state index contributed by atoms with van der Waals surface area (Å²) in [6, 6.07) is 0. The SMILES string of the molecule is C#CCC(CO)(CO)C1C=CCCC1. The predicted octanol–water partition coefficient (Wildman–Crippen LogP) is 1.34. The predicted molar refractivity (Wildman–Crippen MR) is 56.5 cm³/mol. The van der Waals surface area contributed by atoms with Crippen molar-refractivity contribution < 1.29 is 10.2 Å². The number of hydrogen-bond donors (Lipinski definition) is 2. The topological polar surface area (TPSA) is 40.5 Å². The van der Waals surface area contributed by atoms with Gasteiger partial charge in [-0.15, -0.1) is 12.3 Å². The molecular weight excluding hydrogens is 176 g/mol. The van der Waals surface area contributed by atoms with Gasteiger partial charge in [0.1, 0.15) is 0 Å². The van der Waals surface area contributed by atoms with Crippen molar-refractivity contribution in [2.24, 2.45) is 11.3 Å². The number of hydrogen-bond acceptors (Lipinski definition) is 2. The van der Waals surface area contributed by atoms with Crippen LogP contribution < -0.4 is 0 Å².